The van der Waals surface area contributed by atoms with E-state index in [9.17, 15) is 4.79 Å². The molecule has 0 saturated carbocycles. The second kappa shape index (κ2) is 6.00. The van der Waals surface area contributed by atoms with Crippen LogP contribution in [0.2, 0.25) is 0 Å². The summed E-state index contributed by atoms with van der Waals surface area (Å²) >= 11 is 0. The number of benzene rings is 2. The highest BCUT2D eigenvalue weighted by atomic mass is 16.2. The minimum Gasteiger partial charge on any atom is -0.362 e. The number of hydrogen-bond acceptors (Lipinski definition) is 2. The standard InChI is InChI=1S/C18H20N2O/c1-2-14-7-9-16(10-8-14)19-18(21)13-20-12-11-15-5-3-4-6-17(15)20/h3-10H,2,11-13H2,1H3,(H,19,21). The SMILES string of the molecule is CCc1ccc(NC(=O)CN2CCc3ccccc32)cc1. The average molecular weight is 280 g/mol. The van der Waals surface area contributed by atoms with E-state index in [1.54, 1.807) is 0 Å². The smallest absolute Gasteiger partial charge is 0.243 e. The fourth-order valence-corrected chi connectivity index (χ4v) is 2.77. The molecule has 1 aliphatic heterocycles. The zero-order chi connectivity index (χ0) is 14.7. The predicted molar refractivity (Wildman–Crippen MR) is 86.8 cm³/mol. The minimum atomic E-state index is 0.0379. The highest BCUT2D eigenvalue weighted by Crippen LogP contribution is 2.26. The van der Waals surface area contributed by atoms with Gasteiger partial charge in [0.15, 0.2) is 0 Å². The van der Waals surface area contributed by atoms with Gasteiger partial charge in [0.05, 0.1) is 6.54 Å². The van der Waals surface area contributed by atoms with Crippen LogP contribution in [-0.2, 0) is 17.6 Å². The first-order chi connectivity index (χ1) is 10.3. The van der Waals surface area contributed by atoms with E-state index < -0.39 is 0 Å². The molecule has 1 amide bonds. The number of rotatable bonds is 4. The van der Waals surface area contributed by atoms with Crippen molar-refractivity contribution in [1.82, 2.24) is 0 Å². The molecule has 21 heavy (non-hydrogen) atoms. The summed E-state index contributed by atoms with van der Waals surface area (Å²) in [5.74, 6) is 0.0379. The molecule has 2 aromatic carbocycles. The highest BCUT2D eigenvalue weighted by molar-refractivity contribution is 5.94. The number of nitrogens with one attached hydrogen (secondary N) is 1. The fraction of sp³-hybridized carbons (Fsp3) is 0.278. The van der Waals surface area contributed by atoms with Crippen LogP contribution in [0.1, 0.15) is 18.1 Å². The summed E-state index contributed by atoms with van der Waals surface area (Å²) in [5, 5.41) is 2.97. The van der Waals surface area contributed by atoms with E-state index in [2.05, 4.69) is 47.5 Å². The summed E-state index contributed by atoms with van der Waals surface area (Å²) in [6, 6.07) is 16.4. The number of carbonyl (C=O) groups excluding carboxylic acids is 1. The van der Waals surface area contributed by atoms with Gasteiger partial charge in [0, 0.05) is 17.9 Å². The molecule has 1 heterocycles. The van der Waals surface area contributed by atoms with Gasteiger partial charge in [-0.1, -0.05) is 37.3 Å². The van der Waals surface area contributed by atoms with E-state index in [-0.39, 0.29) is 5.91 Å². The number of aryl methyl sites for hydroxylation is 1. The Hall–Kier alpha value is -2.29. The third kappa shape index (κ3) is 3.07. The Bertz CT molecular complexity index is 634. The molecule has 0 fully saturated rings. The van der Waals surface area contributed by atoms with E-state index in [1.165, 1.54) is 16.8 Å². The average Bonchev–Trinajstić information content (AvgIpc) is 2.91. The largest absolute Gasteiger partial charge is 0.362 e. The van der Waals surface area contributed by atoms with E-state index in [0.29, 0.717) is 6.54 Å². The molecule has 3 heteroatoms. The van der Waals surface area contributed by atoms with E-state index in [1.807, 2.05) is 18.2 Å². The van der Waals surface area contributed by atoms with Gasteiger partial charge in [-0.15, -0.1) is 0 Å². The Morgan fingerprint density at radius 1 is 1.14 bits per heavy atom. The van der Waals surface area contributed by atoms with Crippen LogP contribution in [0.3, 0.4) is 0 Å². The molecule has 0 atom stereocenters. The van der Waals surface area contributed by atoms with Crippen molar-refractivity contribution in [2.24, 2.45) is 0 Å². The zero-order valence-electron chi connectivity index (χ0n) is 12.3. The number of hydrogen-bond donors (Lipinski definition) is 1. The second-order valence-electron chi connectivity index (χ2n) is 5.40. The van der Waals surface area contributed by atoms with Gasteiger partial charge >= 0.3 is 0 Å². The Morgan fingerprint density at radius 3 is 2.67 bits per heavy atom. The normalized spacial score (nSPS) is 13.1. The number of amides is 1. The quantitative estimate of drug-likeness (QED) is 0.932. The lowest BCUT2D eigenvalue weighted by molar-refractivity contribution is -0.115. The lowest BCUT2D eigenvalue weighted by Crippen LogP contribution is -2.31. The molecule has 0 aromatic heterocycles. The fourth-order valence-electron chi connectivity index (χ4n) is 2.77. The number of para-hydroxylation sites is 1. The number of carbonyl (C=O) groups is 1. The Morgan fingerprint density at radius 2 is 1.90 bits per heavy atom. The van der Waals surface area contributed by atoms with Gasteiger partial charge in [-0.2, -0.15) is 0 Å². The van der Waals surface area contributed by atoms with Gasteiger partial charge in [-0.25, -0.2) is 0 Å². The van der Waals surface area contributed by atoms with Crippen molar-refractivity contribution >= 4 is 17.3 Å². The predicted octanol–water partition coefficient (Wildman–Crippen LogP) is 3.25. The number of fused-ring (bicyclic) bond motifs is 1. The maximum Gasteiger partial charge on any atom is 0.243 e. The van der Waals surface area contributed by atoms with Crippen LogP contribution in [0.15, 0.2) is 48.5 Å². The summed E-state index contributed by atoms with van der Waals surface area (Å²) in [4.78, 5) is 14.3. The first-order valence-corrected chi connectivity index (χ1v) is 7.48. The molecule has 0 aliphatic carbocycles. The van der Waals surface area contributed by atoms with Crippen LogP contribution in [0.5, 0.6) is 0 Å². The van der Waals surface area contributed by atoms with Crippen LogP contribution in [0.4, 0.5) is 11.4 Å². The minimum absolute atomic E-state index is 0.0379. The topological polar surface area (TPSA) is 32.3 Å². The Labute approximate surface area is 125 Å². The van der Waals surface area contributed by atoms with Gasteiger partial charge in [0.25, 0.3) is 0 Å². The van der Waals surface area contributed by atoms with Gasteiger partial charge < -0.3 is 10.2 Å². The van der Waals surface area contributed by atoms with Crippen molar-refractivity contribution in [2.45, 2.75) is 19.8 Å². The maximum absolute atomic E-state index is 12.2. The van der Waals surface area contributed by atoms with Crippen LogP contribution < -0.4 is 10.2 Å². The van der Waals surface area contributed by atoms with Gasteiger partial charge in [-0.05, 0) is 42.2 Å². The van der Waals surface area contributed by atoms with Gasteiger partial charge in [0.1, 0.15) is 0 Å². The summed E-state index contributed by atoms with van der Waals surface area (Å²) in [5.41, 5.74) is 4.66. The molecule has 0 spiro atoms. The molecule has 3 nitrogen and oxygen atoms in total. The molecule has 0 saturated heterocycles. The van der Waals surface area contributed by atoms with Crippen LogP contribution in [0, 0.1) is 0 Å². The molecule has 108 valence electrons. The summed E-state index contributed by atoms with van der Waals surface area (Å²) < 4.78 is 0. The first-order valence-electron chi connectivity index (χ1n) is 7.48. The second-order valence-corrected chi connectivity index (χ2v) is 5.40. The molecule has 1 N–H and O–H groups in total. The van der Waals surface area contributed by atoms with Crippen molar-refractivity contribution in [2.75, 3.05) is 23.3 Å². The van der Waals surface area contributed by atoms with E-state index in [0.717, 1.165) is 25.1 Å². The third-order valence-corrected chi connectivity index (χ3v) is 3.96. The van der Waals surface area contributed by atoms with Crippen molar-refractivity contribution < 1.29 is 4.79 Å². The lowest BCUT2D eigenvalue weighted by atomic mass is 10.1. The summed E-state index contributed by atoms with van der Waals surface area (Å²) in [7, 11) is 0. The zero-order valence-corrected chi connectivity index (χ0v) is 12.3. The van der Waals surface area contributed by atoms with E-state index in [4.69, 9.17) is 0 Å². The Balaban J connectivity index is 1.62. The van der Waals surface area contributed by atoms with Gasteiger partial charge in [0.2, 0.25) is 5.91 Å². The number of anilines is 2. The summed E-state index contributed by atoms with van der Waals surface area (Å²) in [6.45, 7) is 3.45. The number of nitrogens with zero attached hydrogens (tertiary/aromatic N) is 1. The third-order valence-electron chi connectivity index (χ3n) is 3.96. The van der Waals surface area contributed by atoms with Crippen molar-refractivity contribution in [1.29, 1.82) is 0 Å². The van der Waals surface area contributed by atoms with Crippen molar-refractivity contribution in [3.63, 3.8) is 0 Å². The van der Waals surface area contributed by atoms with E-state index >= 15 is 0 Å². The van der Waals surface area contributed by atoms with Gasteiger partial charge in [-0.3, -0.25) is 4.79 Å². The van der Waals surface area contributed by atoms with Crippen LogP contribution in [-0.4, -0.2) is 19.0 Å². The Kier molecular flexibility index (Phi) is 3.91. The summed E-state index contributed by atoms with van der Waals surface area (Å²) in [6.07, 6.45) is 2.04. The lowest BCUT2D eigenvalue weighted by Gasteiger charge is -2.18. The molecule has 0 unspecified atom stereocenters. The molecular weight excluding hydrogens is 260 g/mol. The molecular formula is C18H20N2O. The monoisotopic (exact) mass is 280 g/mol. The van der Waals surface area contributed by atoms with Crippen molar-refractivity contribution in [3.05, 3.63) is 59.7 Å². The molecule has 1 aliphatic rings. The van der Waals surface area contributed by atoms with Crippen LogP contribution in [0.25, 0.3) is 0 Å². The molecule has 0 bridgehead atoms. The molecule has 2 aromatic rings. The first kappa shape index (κ1) is 13.7. The van der Waals surface area contributed by atoms with Crippen molar-refractivity contribution in [3.8, 4) is 0 Å². The molecule has 3 rings (SSSR count). The van der Waals surface area contributed by atoms with Crippen LogP contribution >= 0.6 is 0 Å². The maximum atomic E-state index is 12.2. The highest BCUT2D eigenvalue weighted by Gasteiger charge is 2.20. The molecule has 0 radical (unpaired) electrons.